The summed E-state index contributed by atoms with van der Waals surface area (Å²) < 4.78 is 10.2. The summed E-state index contributed by atoms with van der Waals surface area (Å²) in [5.74, 6) is 0.320. The van der Waals surface area contributed by atoms with Gasteiger partial charge >= 0.3 is 0 Å². The van der Waals surface area contributed by atoms with E-state index in [9.17, 15) is 0 Å². The van der Waals surface area contributed by atoms with E-state index in [1.807, 2.05) is 0 Å². The number of nitrogens with one attached hydrogen (secondary N) is 1. The molecule has 0 aromatic rings. The molecule has 0 spiro atoms. The largest absolute Gasteiger partial charge is 0.409 e. The Kier molecular flexibility index (Phi) is 6.25. The lowest BCUT2D eigenvalue weighted by Gasteiger charge is -2.15. The molecule has 100 valence electrons. The molecule has 0 aromatic carbocycles. The number of hydrogen-bond donors (Lipinski definition) is 3. The fourth-order valence-electron chi connectivity index (χ4n) is 1.75. The van der Waals surface area contributed by atoms with E-state index in [4.69, 9.17) is 20.4 Å². The van der Waals surface area contributed by atoms with Gasteiger partial charge in [-0.15, -0.1) is 0 Å². The summed E-state index contributed by atoms with van der Waals surface area (Å²) in [7, 11) is 1.66. The second-order valence-corrected chi connectivity index (χ2v) is 4.55. The van der Waals surface area contributed by atoms with E-state index in [0.717, 1.165) is 25.9 Å². The molecular formula is C11H23N3O3. The fraction of sp³-hybridized carbons (Fsp3) is 0.909. The molecule has 1 fully saturated rings. The van der Waals surface area contributed by atoms with Crippen LogP contribution in [-0.2, 0) is 9.47 Å². The van der Waals surface area contributed by atoms with Crippen LogP contribution in [0.4, 0.5) is 0 Å². The molecule has 0 aromatic heterocycles. The van der Waals surface area contributed by atoms with E-state index in [2.05, 4.69) is 10.5 Å². The van der Waals surface area contributed by atoms with Crippen LogP contribution in [0, 0.1) is 5.41 Å². The lowest BCUT2D eigenvalue weighted by Crippen LogP contribution is -2.30. The quantitative estimate of drug-likeness (QED) is 0.168. The van der Waals surface area contributed by atoms with Crippen LogP contribution in [0.15, 0.2) is 5.16 Å². The van der Waals surface area contributed by atoms with Gasteiger partial charge in [0, 0.05) is 26.6 Å². The number of nitrogens with zero attached hydrogens (tertiary/aromatic N) is 1. The maximum atomic E-state index is 8.53. The molecule has 0 unspecified atom stereocenters. The molecule has 1 rings (SSSR count). The monoisotopic (exact) mass is 245 g/mol. The second kappa shape index (κ2) is 7.47. The molecule has 0 aliphatic heterocycles. The van der Waals surface area contributed by atoms with E-state index in [0.29, 0.717) is 32.1 Å². The molecule has 6 nitrogen and oxygen atoms in total. The molecule has 17 heavy (non-hydrogen) atoms. The van der Waals surface area contributed by atoms with Gasteiger partial charge in [-0.25, -0.2) is 0 Å². The van der Waals surface area contributed by atoms with Gasteiger partial charge in [-0.2, -0.15) is 0 Å². The van der Waals surface area contributed by atoms with Crippen LogP contribution in [0.3, 0.4) is 0 Å². The van der Waals surface area contributed by atoms with Gasteiger partial charge in [0.25, 0.3) is 0 Å². The summed E-state index contributed by atoms with van der Waals surface area (Å²) in [6, 6.07) is 0. The Labute approximate surface area is 102 Å². The highest BCUT2D eigenvalue weighted by Crippen LogP contribution is 2.48. The second-order valence-electron chi connectivity index (χ2n) is 4.55. The standard InChI is InChI=1S/C11H23N3O3/c1-16-6-7-17-5-4-13-9-11(2-3-11)8-10(12)14-15/h13,15H,2-9H2,1H3,(H2,12,14). The predicted molar refractivity (Wildman–Crippen MR) is 65.3 cm³/mol. The zero-order valence-corrected chi connectivity index (χ0v) is 10.4. The summed E-state index contributed by atoms with van der Waals surface area (Å²) in [6.45, 7) is 3.67. The zero-order chi connectivity index (χ0) is 12.6. The average Bonchev–Trinajstić information content (AvgIpc) is 3.08. The first-order chi connectivity index (χ1) is 8.22. The predicted octanol–water partition coefficient (Wildman–Crippen LogP) is 0.156. The smallest absolute Gasteiger partial charge is 0.139 e. The van der Waals surface area contributed by atoms with Crippen molar-refractivity contribution in [2.75, 3.05) is 40.0 Å². The van der Waals surface area contributed by atoms with E-state index < -0.39 is 0 Å². The highest BCUT2D eigenvalue weighted by Gasteiger charge is 2.42. The van der Waals surface area contributed by atoms with Crippen LogP contribution in [0.25, 0.3) is 0 Å². The van der Waals surface area contributed by atoms with Gasteiger partial charge in [-0.3, -0.25) is 0 Å². The van der Waals surface area contributed by atoms with E-state index in [1.54, 1.807) is 7.11 Å². The lowest BCUT2D eigenvalue weighted by molar-refractivity contribution is 0.0716. The van der Waals surface area contributed by atoms with Gasteiger partial charge in [0.05, 0.1) is 19.8 Å². The molecule has 0 saturated heterocycles. The highest BCUT2D eigenvalue weighted by atomic mass is 16.5. The van der Waals surface area contributed by atoms with Crippen molar-refractivity contribution in [1.29, 1.82) is 0 Å². The van der Waals surface area contributed by atoms with Gasteiger partial charge in [0.2, 0.25) is 0 Å². The highest BCUT2D eigenvalue weighted by molar-refractivity contribution is 5.80. The summed E-state index contributed by atoms with van der Waals surface area (Å²) in [5.41, 5.74) is 5.73. The summed E-state index contributed by atoms with van der Waals surface area (Å²) in [6.07, 6.45) is 2.95. The Balaban J connectivity index is 1.99. The Bertz CT molecular complexity index is 242. The Morgan fingerprint density at radius 2 is 2.18 bits per heavy atom. The Morgan fingerprint density at radius 1 is 1.41 bits per heavy atom. The van der Waals surface area contributed by atoms with E-state index in [-0.39, 0.29) is 5.41 Å². The van der Waals surface area contributed by atoms with Crippen molar-refractivity contribution in [3.63, 3.8) is 0 Å². The van der Waals surface area contributed by atoms with E-state index in [1.165, 1.54) is 0 Å². The van der Waals surface area contributed by atoms with Crippen molar-refractivity contribution < 1.29 is 14.7 Å². The van der Waals surface area contributed by atoms with Crippen LogP contribution in [0.2, 0.25) is 0 Å². The van der Waals surface area contributed by atoms with Gasteiger partial charge < -0.3 is 25.7 Å². The number of nitrogens with two attached hydrogens (primary N) is 1. The van der Waals surface area contributed by atoms with Crippen molar-refractivity contribution in [3.8, 4) is 0 Å². The van der Waals surface area contributed by atoms with Crippen molar-refractivity contribution in [2.45, 2.75) is 19.3 Å². The maximum absolute atomic E-state index is 8.53. The molecule has 0 atom stereocenters. The number of oxime groups is 1. The molecule has 4 N–H and O–H groups in total. The van der Waals surface area contributed by atoms with Crippen LogP contribution in [0.5, 0.6) is 0 Å². The summed E-state index contributed by atoms with van der Waals surface area (Å²) in [5, 5.41) is 14.9. The van der Waals surface area contributed by atoms with E-state index >= 15 is 0 Å². The Morgan fingerprint density at radius 3 is 2.76 bits per heavy atom. The average molecular weight is 245 g/mol. The first-order valence-electron chi connectivity index (χ1n) is 5.96. The number of rotatable bonds is 10. The molecule has 0 radical (unpaired) electrons. The molecule has 1 aliphatic rings. The van der Waals surface area contributed by atoms with Crippen LogP contribution < -0.4 is 11.1 Å². The molecular weight excluding hydrogens is 222 g/mol. The summed E-state index contributed by atoms with van der Waals surface area (Å²) in [4.78, 5) is 0. The third-order valence-corrected chi connectivity index (χ3v) is 3.00. The maximum Gasteiger partial charge on any atom is 0.139 e. The summed E-state index contributed by atoms with van der Waals surface area (Å²) >= 11 is 0. The van der Waals surface area contributed by atoms with Gasteiger partial charge in [-0.05, 0) is 18.3 Å². The topological polar surface area (TPSA) is 89.1 Å². The number of hydrogen-bond acceptors (Lipinski definition) is 5. The normalized spacial score (nSPS) is 18.3. The minimum Gasteiger partial charge on any atom is -0.409 e. The molecule has 6 heteroatoms. The van der Waals surface area contributed by atoms with Gasteiger partial charge in [0.15, 0.2) is 0 Å². The first kappa shape index (κ1) is 14.2. The third kappa shape index (κ3) is 5.86. The van der Waals surface area contributed by atoms with Crippen LogP contribution >= 0.6 is 0 Å². The van der Waals surface area contributed by atoms with Gasteiger partial charge in [-0.1, -0.05) is 5.16 Å². The molecule has 1 aliphatic carbocycles. The fourth-order valence-corrected chi connectivity index (χ4v) is 1.75. The molecule has 0 bridgehead atoms. The first-order valence-corrected chi connectivity index (χ1v) is 5.96. The van der Waals surface area contributed by atoms with Crippen LogP contribution in [0.1, 0.15) is 19.3 Å². The minimum absolute atomic E-state index is 0.211. The number of methoxy groups -OCH3 is 1. The van der Waals surface area contributed by atoms with Crippen molar-refractivity contribution in [2.24, 2.45) is 16.3 Å². The SMILES string of the molecule is COCCOCCNCC1(CC(N)=NO)CC1. The Hall–Kier alpha value is -0.850. The van der Waals surface area contributed by atoms with Crippen molar-refractivity contribution in [3.05, 3.63) is 0 Å². The van der Waals surface area contributed by atoms with Gasteiger partial charge in [0.1, 0.15) is 5.84 Å². The lowest BCUT2D eigenvalue weighted by atomic mass is 10.0. The minimum atomic E-state index is 0.211. The molecule has 0 heterocycles. The molecule has 0 amide bonds. The van der Waals surface area contributed by atoms with Crippen molar-refractivity contribution >= 4 is 5.84 Å². The number of amidine groups is 1. The molecule has 1 saturated carbocycles. The zero-order valence-electron chi connectivity index (χ0n) is 10.4. The number of ether oxygens (including phenoxy) is 2. The van der Waals surface area contributed by atoms with Crippen molar-refractivity contribution in [1.82, 2.24) is 5.32 Å². The third-order valence-electron chi connectivity index (χ3n) is 3.00. The van der Waals surface area contributed by atoms with Crippen LogP contribution in [-0.4, -0.2) is 51.1 Å².